The lowest BCUT2D eigenvalue weighted by Crippen LogP contribution is -2.47. The first kappa shape index (κ1) is 19.2. The van der Waals surface area contributed by atoms with Crippen molar-refractivity contribution < 1.29 is 19.4 Å². The zero-order valence-electron chi connectivity index (χ0n) is 16.1. The normalized spacial score (nSPS) is 18.7. The monoisotopic (exact) mass is 369 g/mol. The molecule has 0 saturated carbocycles. The number of hydrogen-bond acceptors (Lipinski definition) is 4. The number of carbonyl (C=O) groups is 1. The molecule has 5 heteroatoms. The molecule has 2 unspecified atom stereocenters. The Morgan fingerprint density at radius 3 is 2.26 bits per heavy atom. The molecule has 2 atom stereocenters. The van der Waals surface area contributed by atoms with Crippen LogP contribution in [0.1, 0.15) is 42.0 Å². The van der Waals surface area contributed by atoms with Gasteiger partial charge in [0.05, 0.1) is 25.8 Å². The summed E-state index contributed by atoms with van der Waals surface area (Å²) in [6, 6.07) is 13.2. The van der Waals surface area contributed by atoms with E-state index in [1.54, 1.807) is 14.2 Å². The molecule has 0 radical (unpaired) electrons. The molecule has 2 aromatic carbocycles. The van der Waals surface area contributed by atoms with Gasteiger partial charge in [0.25, 0.3) is 0 Å². The average Bonchev–Trinajstić information content (AvgIpc) is 2.70. The van der Waals surface area contributed by atoms with Gasteiger partial charge in [-0.1, -0.05) is 42.3 Å². The predicted octanol–water partition coefficient (Wildman–Crippen LogP) is 4.04. The van der Waals surface area contributed by atoms with E-state index >= 15 is 0 Å². The summed E-state index contributed by atoms with van der Waals surface area (Å²) in [6.45, 7) is 2.76. The second-order valence-electron chi connectivity index (χ2n) is 6.98. The van der Waals surface area contributed by atoms with Gasteiger partial charge in [-0.05, 0) is 44.0 Å². The van der Waals surface area contributed by atoms with Crippen LogP contribution >= 0.6 is 0 Å². The summed E-state index contributed by atoms with van der Waals surface area (Å²) in [5.41, 5.74) is 3.08. The molecule has 0 aromatic heterocycles. The lowest BCUT2D eigenvalue weighted by Gasteiger charge is -2.40. The smallest absolute Gasteiger partial charge is 0.320 e. The summed E-state index contributed by atoms with van der Waals surface area (Å²) >= 11 is 0. The molecular weight excluding hydrogens is 342 g/mol. The Hall–Kier alpha value is -2.53. The Morgan fingerprint density at radius 1 is 1.07 bits per heavy atom. The summed E-state index contributed by atoms with van der Waals surface area (Å²) in [4.78, 5) is 14.1. The molecule has 1 N–H and O–H groups in total. The van der Waals surface area contributed by atoms with Crippen LogP contribution in [-0.4, -0.2) is 42.8 Å². The van der Waals surface area contributed by atoms with Crippen LogP contribution in [0.2, 0.25) is 0 Å². The first-order chi connectivity index (χ1) is 13.1. The van der Waals surface area contributed by atoms with Gasteiger partial charge in [0.1, 0.15) is 17.5 Å². The number of aryl methyl sites for hydroxylation is 1. The van der Waals surface area contributed by atoms with E-state index in [0.29, 0.717) is 17.9 Å². The zero-order valence-corrected chi connectivity index (χ0v) is 16.1. The number of aliphatic carboxylic acids is 1. The van der Waals surface area contributed by atoms with Crippen molar-refractivity contribution in [1.29, 1.82) is 0 Å². The number of carboxylic acids is 1. The first-order valence-electron chi connectivity index (χ1n) is 9.32. The molecule has 1 saturated heterocycles. The quantitative estimate of drug-likeness (QED) is 0.833. The molecule has 1 heterocycles. The van der Waals surface area contributed by atoms with Gasteiger partial charge in [-0.25, -0.2) is 0 Å². The van der Waals surface area contributed by atoms with E-state index in [-0.39, 0.29) is 6.04 Å². The van der Waals surface area contributed by atoms with Crippen molar-refractivity contribution in [3.63, 3.8) is 0 Å². The Balaban J connectivity index is 2.19. The molecule has 3 rings (SSSR count). The van der Waals surface area contributed by atoms with E-state index in [1.165, 1.54) is 0 Å². The van der Waals surface area contributed by atoms with Crippen LogP contribution in [0.3, 0.4) is 0 Å². The number of hydrogen-bond donors (Lipinski definition) is 1. The maximum Gasteiger partial charge on any atom is 0.320 e. The van der Waals surface area contributed by atoms with Gasteiger partial charge in [0, 0.05) is 0 Å². The average molecular weight is 369 g/mol. The highest BCUT2D eigenvalue weighted by Crippen LogP contribution is 2.43. The number of ether oxygens (including phenoxy) is 2. The topological polar surface area (TPSA) is 59.0 Å². The lowest BCUT2D eigenvalue weighted by atomic mass is 9.90. The summed E-state index contributed by atoms with van der Waals surface area (Å²) in [7, 11) is 3.27. The van der Waals surface area contributed by atoms with Crippen LogP contribution in [0.25, 0.3) is 0 Å². The van der Waals surface area contributed by atoms with E-state index in [9.17, 15) is 9.90 Å². The zero-order chi connectivity index (χ0) is 19.4. The van der Waals surface area contributed by atoms with Crippen molar-refractivity contribution in [1.82, 2.24) is 4.90 Å². The van der Waals surface area contributed by atoms with E-state index in [1.807, 2.05) is 25.1 Å². The third-order valence-corrected chi connectivity index (χ3v) is 5.29. The van der Waals surface area contributed by atoms with Gasteiger partial charge >= 0.3 is 5.97 Å². The highest BCUT2D eigenvalue weighted by atomic mass is 16.5. The van der Waals surface area contributed by atoms with Gasteiger partial charge in [-0.3, -0.25) is 9.69 Å². The minimum absolute atomic E-state index is 0.252. The van der Waals surface area contributed by atoms with Crippen molar-refractivity contribution in [2.45, 2.75) is 38.3 Å². The van der Waals surface area contributed by atoms with Crippen LogP contribution in [0, 0.1) is 6.92 Å². The van der Waals surface area contributed by atoms with Crippen LogP contribution in [0.4, 0.5) is 0 Å². The Morgan fingerprint density at radius 2 is 1.70 bits per heavy atom. The fourth-order valence-corrected chi connectivity index (χ4v) is 3.95. The highest BCUT2D eigenvalue weighted by molar-refractivity contribution is 5.74. The Kier molecular flexibility index (Phi) is 6.01. The van der Waals surface area contributed by atoms with E-state index in [4.69, 9.17) is 9.47 Å². The lowest BCUT2D eigenvalue weighted by molar-refractivity contribution is -0.145. The summed E-state index contributed by atoms with van der Waals surface area (Å²) in [6.07, 6.45) is 2.55. The third kappa shape index (κ3) is 3.93. The SMILES string of the molecule is COc1cccc(OC)c1C(c1ccc(C)cc1)N1CCCCC1C(=O)O. The standard InChI is InChI=1S/C22H27NO4/c1-15-10-12-16(13-11-15)21(23-14-5-4-7-17(23)22(24)25)20-18(26-2)8-6-9-19(20)27-3/h6,8-13,17,21H,4-5,7,14H2,1-3H3,(H,24,25). The van der Waals surface area contributed by atoms with Crippen molar-refractivity contribution >= 4 is 5.97 Å². The fourth-order valence-electron chi connectivity index (χ4n) is 3.95. The first-order valence-corrected chi connectivity index (χ1v) is 9.32. The molecule has 0 amide bonds. The number of methoxy groups -OCH3 is 2. The molecule has 1 fully saturated rings. The summed E-state index contributed by atoms with van der Waals surface area (Å²) in [5, 5.41) is 9.84. The van der Waals surface area contributed by atoms with E-state index < -0.39 is 12.0 Å². The number of rotatable bonds is 6. The predicted molar refractivity (Wildman–Crippen MR) is 105 cm³/mol. The largest absolute Gasteiger partial charge is 0.496 e. The molecule has 27 heavy (non-hydrogen) atoms. The minimum atomic E-state index is -0.777. The Labute approximate surface area is 160 Å². The van der Waals surface area contributed by atoms with Gasteiger partial charge in [-0.15, -0.1) is 0 Å². The van der Waals surface area contributed by atoms with E-state index in [0.717, 1.165) is 36.1 Å². The van der Waals surface area contributed by atoms with Crippen molar-refractivity contribution in [3.05, 3.63) is 59.2 Å². The number of benzene rings is 2. The van der Waals surface area contributed by atoms with Gasteiger partial charge < -0.3 is 14.6 Å². The molecule has 144 valence electrons. The summed E-state index contributed by atoms with van der Waals surface area (Å²) in [5.74, 6) is 0.630. The molecule has 1 aliphatic heterocycles. The number of nitrogens with zero attached hydrogens (tertiary/aromatic N) is 1. The van der Waals surface area contributed by atoms with Crippen molar-refractivity contribution in [3.8, 4) is 11.5 Å². The highest BCUT2D eigenvalue weighted by Gasteiger charge is 2.37. The molecular formula is C22H27NO4. The van der Waals surface area contributed by atoms with E-state index in [2.05, 4.69) is 29.2 Å². The van der Waals surface area contributed by atoms with Crippen molar-refractivity contribution in [2.75, 3.05) is 20.8 Å². The molecule has 0 bridgehead atoms. The molecule has 2 aromatic rings. The Bertz CT molecular complexity index is 765. The number of carboxylic acid groups (broad SMARTS) is 1. The third-order valence-electron chi connectivity index (χ3n) is 5.29. The van der Waals surface area contributed by atoms with Crippen LogP contribution in [0.15, 0.2) is 42.5 Å². The van der Waals surface area contributed by atoms with Crippen LogP contribution in [0.5, 0.6) is 11.5 Å². The maximum atomic E-state index is 12.0. The fraction of sp³-hybridized carbons (Fsp3) is 0.409. The van der Waals surface area contributed by atoms with Crippen molar-refractivity contribution in [2.24, 2.45) is 0 Å². The maximum absolute atomic E-state index is 12.0. The van der Waals surface area contributed by atoms with Gasteiger partial charge in [0.15, 0.2) is 0 Å². The minimum Gasteiger partial charge on any atom is -0.496 e. The van der Waals surface area contributed by atoms with Crippen LogP contribution in [-0.2, 0) is 4.79 Å². The molecule has 0 aliphatic carbocycles. The number of piperidine rings is 1. The van der Waals surface area contributed by atoms with Crippen LogP contribution < -0.4 is 9.47 Å². The molecule has 5 nitrogen and oxygen atoms in total. The summed E-state index contributed by atoms with van der Waals surface area (Å²) < 4.78 is 11.3. The van der Waals surface area contributed by atoms with Gasteiger partial charge in [0.2, 0.25) is 0 Å². The molecule has 0 spiro atoms. The second kappa shape index (κ2) is 8.44. The molecule has 1 aliphatic rings. The second-order valence-corrected chi connectivity index (χ2v) is 6.98. The van der Waals surface area contributed by atoms with Gasteiger partial charge in [-0.2, -0.15) is 0 Å². The number of likely N-dealkylation sites (tertiary alicyclic amines) is 1.